The molecule has 4 aromatic rings. The van der Waals surface area contributed by atoms with E-state index >= 15 is 0 Å². The van der Waals surface area contributed by atoms with Crippen molar-refractivity contribution in [3.05, 3.63) is 125 Å². The first-order chi connectivity index (χ1) is 17.2. The Kier molecular flexibility index (Phi) is 8.86. The summed E-state index contributed by atoms with van der Waals surface area (Å²) in [6, 6.07) is 32.8. The van der Waals surface area contributed by atoms with Gasteiger partial charge in [0, 0.05) is 24.3 Å². The Morgan fingerprint density at radius 2 is 1.26 bits per heavy atom. The molecule has 0 atom stereocenters. The predicted octanol–water partition coefficient (Wildman–Crippen LogP) is 7.82. The zero-order valence-corrected chi connectivity index (χ0v) is 21.5. The number of aromatic nitrogens is 1. The van der Waals surface area contributed by atoms with Crippen molar-refractivity contribution < 1.29 is 0 Å². The summed E-state index contributed by atoms with van der Waals surface area (Å²) in [6.07, 6.45) is 4.30. The van der Waals surface area contributed by atoms with Crippen LogP contribution in [0.25, 0.3) is 11.3 Å². The minimum Gasteiger partial charge on any atom is -0.295 e. The summed E-state index contributed by atoms with van der Waals surface area (Å²) < 4.78 is 0. The molecule has 0 saturated carbocycles. The fourth-order valence-electron chi connectivity index (χ4n) is 4.92. The molecule has 1 heterocycles. The predicted molar refractivity (Wildman–Crippen MR) is 148 cm³/mol. The van der Waals surface area contributed by atoms with Crippen LogP contribution < -0.4 is 0 Å². The van der Waals surface area contributed by atoms with Crippen molar-refractivity contribution in [3.8, 4) is 11.3 Å². The van der Waals surface area contributed by atoms with E-state index < -0.39 is 0 Å². The highest BCUT2D eigenvalue weighted by Crippen LogP contribution is 2.28. The molecule has 35 heavy (non-hydrogen) atoms. The van der Waals surface area contributed by atoms with Crippen molar-refractivity contribution in [2.45, 2.75) is 59.5 Å². The Hall–Kier alpha value is -3.23. The Labute approximate surface area is 211 Å². The third-order valence-electron chi connectivity index (χ3n) is 6.88. The van der Waals surface area contributed by atoms with Crippen molar-refractivity contribution in [1.29, 1.82) is 0 Å². The maximum atomic E-state index is 5.12. The standard InChI is InChI=1S/C33H38N2/c1-4-29-19-12-20-30(5-2)33(29)32-22-21-31(26(3)34-32)25-35(24-28-16-10-7-11-17-28)23-13-18-27-14-8-6-9-15-27/h6-12,14-17,19-22H,4-5,13,18,23-25H2,1-3H3. The van der Waals surface area contributed by atoms with Crippen LogP contribution in [0, 0.1) is 6.92 Å². The van der Waals surface area contributed by atoms with Crippen LogP contribution in [-0.4, -0.2) is 16.4 Å². The van der Waals surface area contributed by atoms with E-state index in [9.17, 15) is 0 Å². The van der Waals surface area contributed by atoms with Gasteiger partial charge in [-0.05, 0) is 73.0 Å². The van der Waals surface area contributed by atoms with Crippen molar-refractivity contribution >= 4 is 0 Å². The van der Waals surface area contributed by atoms with Crippen LogP contribution >= 0.6 is 0 Å². The number of pyridine rings is 1. The Morgan fingerprint density at radius 3 is 1.86 bits per heavy atom. The van der Waals surface area contributed by atoms with Gasteiger partial charge in [0.1, 0.15) is 0 Å². The molecule has 0 spiro atoms. The lowest BCUT2D eigenvalue weighted by Crippen LogP contribution is -2.25. The minimum atomic E-state index is 0.916. The number of benzene rings is 3. The van der Waals surface area contributed by atoms with Gasteiger partial charge in [0.05, 0.1) is 5.69 Å². The Balaban J connectivity index is 1.53. The first-order valence-corrected chi connectivity index (χ1v) is 13.1. The minimum absolute atomic E-state index is 0.916. The summed E-state index contributed by atoms with van der Waals surface area (Å²) in [7, 11) is 0. The lowest BCUT2D eigenvalue weighted by atomic mass is 9.94. The van der Waals surface area contributed by atoms with Gasteiger partial charge in [-0.3, -0.25) is 9.88 Å². The second-order valence-electron chi connectivity index (χ2n) is 9.38. The maximum absolute atomic E-state index is 5.12. The van der Waals surface area contributed by atoms with Gasteiger partial charge in [0.15, 0.2) is 0 Å². The van der Waals surface area contributed by atoms with Gasteiger partial charge in [-0.15, -0.1) is 0 Å². The highest BCUT2D eigenvalue weighted by molar-refractivity contribution is 5.68. The molecule has 0 aliphatic carbocycles. The third kappa shape index (κ3) is 6.68. The number of nitrogens with zero attached hydrogens (tertiary/aromatic N) is 2. The molecule has 4 rings (SSSR count). The van der Waals surface area contributed by atoms with Crippen molar-refractivity contribution in [2.24, 2.45) is 0 Å². The smallest absolute Gasteiger partial charge is 0.0710 e. The second kappa shape index (κ2) is 12.5. The van der Waals surface area contributed by atoms with E-state index in [0.717, 1.165) is 56.7 Å². The third-order valence-corrected chi connectivity index (χ3v) is 6.88. The van der Waals surface area contributed by atoms with Crippen molar-refractivity contribution in [3.63, 3.8) is 0 Å². The molecule has 3 aromatic carbocycles. The van der Waals surface area contributed by atoms with Crippen LogP contribution in [-0.2, 0) is 32.4 Å². The Bertz CT molecular complexity index is 1180. The van der Waals surface area contributed by atoms with Gasteiger partial charge in [-0.1, -0.05) is 98.8 Å². The first kappa shape index (κ1) is 24.9. The fraction of sp³-hybridized carbons (Fsp3) is 0.303. The summed E-state index contributed by atoms with van der Waals surface area (Å²) in [5.41, 5.74) is 10.4. The molecule has 2 nitrogen and oxygen atoms in total. The summed E-state index contributed by atoms with van der Waals surface area (Å²) in [6.45, 7) is 9.56. The number of hydrogen-bond acceptors (Lipinski definition) is 2. The molecular weight excluding hydrogens is 424 g/mol. The summed E-state index contributed by atoms with van der Waals surface area (Å²) in [5.74, 6) is 0. The van der Waals surface area contributed by atoms with Crippen LogP contribution in [0.1, 0.15) is 53.8 Å². The summed E-state index contributed by atoms with van der Waals surface area (Å²) in [5, 5.41) is 0. The lowest BCUT2D eigenvalue weighted by Gasteiger charge is -2.24. The molecule has 1 aromatic heterocycles. The van der Waals surface area contributed by atoms with Crippen molar-refractivity contribution in [1.82, 2.24) is 9.88 Å². The molecule has 0 saturated heterocycles. The van der Waals surface area contributed by atoms with E-state index in [-0.39, 0.29) is 0 Å². The van der Waals surface area contributed by atoms with Crippen LogP contribution in [0.2, 0.25) is 0 Å². The van der Waals surface area contributed by atoms with E-state index in [1.807, 2.05) is 0 Å². The molecule has 0 fully saturated rings. The molecular formula is C33H38N2. The van der Waals surface area contributed by atoms with Gasteiger partial charge >= 0.3 is 0 Å². The van der Waals surface area contributed by atoms with E-state index in [4.69, 9.17) is 4.98 Å². The van der Waals surface area contributed by atoms with Crippen LogP contribution in [0.4, 0.5) is 0 Å². The molecule has 0 N–H and O–H groups in total. The first-order valence-electron chi connectivity index (χ1n) is 13.1. The number of hydrogen-bond donors (Lipinski definition) is 0. The summed E-state index contributed by atoms with van der Waals surface area (Å²) >= 11 is 0. The van der Waals surface area contributed by atoms with Gasteiger partial charge in [0.25, 0.3) is 0 Å². The molecule has 0 radical (unpaired) electrons. The largest absolute Gasteiger partial charge is 0.295 e. The number of rotatable bonds is 11. The van der Waals surface area contributed by atoms with E-state index in [1.54, 1.807) is 0 Å². The average Bonchev–Trinajstić information content (AvgIpc) is 2.90. The Morgan fingerprint density at radius 1 is 0.629 bits per heavy atom. The quantitative estimate of drug-likeness (QED) is 0.226. The average molecular weight is 463 g/mol. The van der Waals surface area contributed by atoms with Gasteiger partial charge in [-0.2, -0.15) is 0 Å². The van der Waals surface area contributed by atoms with E-state index in [0.29, 0.717) is 0 Å². The van der Waals surface area contributed by atoms with Crippen molar-refractivity contribution in [2.75, 3.05) is 6.54 Å². The molecule has 2 heteroatoms. The molecule has 180 valence electrons. The topological polar surface area (TPSA) is 16.1 Å². The van der Waals surface area contributed by atoms with Crippen LogP contribution in [0.5, 0.6) is 0 Å². The zero-order chi connectivity index (χ0) is 24.5. The zero-order valence-electron chi connectivity index (χ0n) is 21.5. The maximum Gasteiger partial charge on any atom is 0.0710 e. The van der Waals surface area contributed by atoms with Crippen LogP contribution in [0.15, 0.2) is 91.0 Å². The van der Waals surface area contributed by atoms with Gasteiger partial charge < -0.3 is 0 Å². The second-order valence-corrected chi connectivity index (χ2v) is 9.38. The number of aryl methyl sites for hydroxylation is 4. The molecule has 0 aliphatic rings. The monoisotopic (exact) mass is 462 g/mol. The molecule has 0 amide bonds. The lowest BCUT2D eigenvalue weighted by molar-refractivity contribution is 0.253. The van der Waals surface area contributed by atoms with E-state index in [1.165, 1.54) is 33.4 Å². The van der Waals surface area contributed by atoms with Gasteiger partial charge in [0.2, 0.25) is 0 Å². The normalized spacial score (nSPS) is 11.2. The fourth-order valence-corrected chi connectivity index (χ4v) is 4.92. The molecule has 0 unspecified atom stereocenters. The highest BCUT2D eigenvalue weighted by Gasteiger charge is 2.14. The van der Waals surface area contributed by atoms with E-state index in [2.05, 4.69) is 117 Å². The SMILES string of the molecule is CCc1cccc(CC)c1-c1ccc(CN(CCCc2ccccc2)Cc2ccccc2)c(C)n1. The van der Waals surface area contributed by atoms with Gasteiger partial charge in [-0.25, -0.2) is 0 Å². The highest BCUT2D eigenvalue weighted by atomic mass is 15.1. The summed E-state index contributed by atoms with van der Waals surface area (Å²) in [4.78, 5) is 7.69. The molecule has 0 bridgehead atoms. The molecule has 0 aliphatic heterocycles. The van der Waals surface area contributed by atoms with Crippen LogP contribution in [0.3, 0.4) is 0 Å².